The molecule has 0 heterocycles. The van der Waals surface area contributed by atoms with Crippen molar-refractivity contribution in [1.29, 1.82) is 0 Å². The molecule has 9 heteroatoms. The summed E-state index contributed by atoms with van der Waals surface area (Å²) in [5.74, 6) is 0.0676. The van der Waals surface area contributed by atoms with Crippen LogP contribution in [0, 0.1) is 6.92 Å². The number of benzene rings is 3. The van der Waals surface area contributed by atoms with E-state index in [0.29, 0.717) is 17.4 Å². The number of hydrogen-bond acceptors (Lipinski definition) is 5. The number of hydrazone groups is 1. The van der Waals surface area contributed by atoms with Gasteiger partial charge in [0.1, 0.15) is 18.9 Å². The number of nitrogens with one attached hydrogen (secondary N) is 1. The van der Waals surface area contributed by atoms with E-state index >= 15 is 0 Å². The normalized spacial score (nSPS) is 11.2. The maximum absolute atomic E-state index is 13.3. The summed E-state index contributed by atoms with van der Waals surface area (Å²) in [7, 11) is -4.03. The number of amides is 1. The number of carbonyl (C=O) groups is 1. The smallest absolute Gasteiger partial charge is 0.264 e. The fourth-order valence-electron chi connectivity index (χ4n) is 2.92. The molecular formula is C25H24ClN3O4S. The number of aryl methyl sites for hydroxylation is 1. The van der Waals surface area contributed by atoms with Gasteiger partial charge in [-0.3, -0.25) is 9.10 Å². The van der Waals surface area contributed by atoms with Gasteiger partial charge in [0.2, 0.25) is 0 Å². The van der Waals surface area contributed by atoms with Gasteiger partial charge in [-0.25, -0.2) is 13.8 Å². The predicted octanol–water partition coefficient (Wildman–Crippen LogP) is 4.56. The van der Waals surface area contributed by atoms with Gasteiger partial charge in [-0.05, 0) is 66.6 Å². The van der Waals surface area contributed by atoms with E-state index in [4.69, 9.17) is 16.3 Å². The van der Waals surface area contributed by atoms with Crippen molar-refractivity contribution >= 4 is 39.4 Å². The quantitative estimate of drug-likeness (QED) is 0.253. The Morgan fingerprint density at radius 2 is 1.82 bits per heavy atom. The number of anilines is 1. The number of halogens is 1. The van der Waals surface area contributed by atoms with Crippen LogP contribution in [-0.4, -0.2) is 33.7 Å². The first-order valence-electron chi connectivity index (χ1n) is 10.3. The van der Waals surface area contributed by atoms with Crippen LogP contribution in [-0.2, 0) is 14.8 Å². The molecule has 176 valence electrons. The van der Waals surface area contributed by atoms with Crippen molar-refractivity contribution in [2.45, 2.75) is 11.8 Å². The van der Waals surface area contributed by atoms with Gasteiger partial charge in [0.15, 0.2) is 0 Å². The standard InChI is InChI=1S/C25H24ClN3O4S/c1-3-15-33-22-13-10-20(11-14-22)17-27-28-25(30)18-29(21-12-9-19(2)24(26)16-21)34(31,32)23-7-5-4-6-8-23/h3-14,16-17H,1,15,18H2,2H3,(H,28,30)/b27-17+. The lowest BCUT2D eigenvalue weighted by Gasteiger charge is -2.24. The van der Waals surface area contributed by atoms with Crippen molar-refractivity contribution in [2.24, 2.45) is 5.10 Å². The van der Waals surface area contributed by atoms with Crippen LogP contribution in [0.25, 0.3) is 0 Å². The lowest BCUT2D eigenvalue weighted by atomic mass is 10.2. The first-order valence-corrected chi connectivity index (χ1v) is 12.1. The largest absolute Gasteiger partial charge is 0.490 e. The van der Waals surface area contributed by atoms with E-state index in [-0.39, 0.29) is 10.6 Å². The van der Waals surface area contributed by atoms with Gasteiger partial charge in [0.05, 0.1) is 16.8 Å². The second-order valence-corrected chi connectivity index (χ2v) is 9.49. The zero-order valence-electron chi connectivity index (χ0n) is 18.5. The van der Waals surface area contributed by atoms with Crippen LogP contribution in [0.3, 0.4) is 0 Å². The first-order chi connectivity index (χ1) is 16.3. The molecule has 0 saturated carbocycles. The van der Waals surface area contributed by atoms with Crippen molar-refractivity contribution in [3.05, 3.63) is 102 Å². The molecule has 3 aromatic carbocycles. The third kappa shape index (κ3) is 6.46. The molecule has 0 unspecified atom stereocenters. The van der Waals surface area contributed by atoms with Crippen molar-refractivity contribution in [3.8, 4) is 5.75 Å². The molecule has 0 aliphatic carbocycles. The zero-order valence-corrected chi connectivity index (χ0v) is 20.1. The maximum Gasteiger partial charge on any atom is 0.264 e. The fourth-order valence-corrected chi connectivity index (χ4v) is 4.53. The molecule has 3 aromatic rings. The molecule has 0 atom stereocenters. The molecule has 0 spiro atoms. The number of nitrogens with zero attached hydrogens (tertiary/aromatic N) is 2. The summed E-state index contributed by atoms with van der Waals surface area (Å²) < 4.78 is 33.0. The van der Waals surface area contributed by atoms with Crippen molar-refractivity contribution in [1.82, 2.24) is 5.43 Å². The van der Waals surface area contributed by atoms with Crippen LogP contribution in [0.15, 0.2) is 95.4 Å². The average Bonchev–Trinajstić information content (AvgIpc) is 2.84. The summed E-state index contributed by atoms with van der Waals surface area (Å²) in [6, 6.07) is 19.8. The summed E-state index contributed by atoms with van der Waals surface area (Å²) in [4.78, 5) is 12.7. The third-order valence-corrected chi connectivity index (χ3v) is 6.91. The molecule has 1 amide bonds. The van der Waals surface area contributed by atoms with Crippen LogP contribution >= 0.6 is 11.6 Å². The Balaban J connectivity index is 1.77. The molecular weight excluding hydrogens is 474 g/mol. The van der Waals surface area contributed by atoms with Crippen molar-refractivity contribution < 1.29 is 17.9 Å². The number of carbonyl (C=O) groups excluding carboxylic acids is 1. The molecule has 34 heavy (non-hydrogen) atoms. The molecule has 0 bridgehead atoms. The lowest BCUT2D eigenvalue weighted by molar-refractivity contribution is -0.119. The van der Waals surface area contributed by atoms with Crippen LogP contribution in [0.1, 0.15) is 11.1 Å². The minimum atomic E-state index is -4.03. The molecule has 1 N–H and O–H groups in total. The topological polar surface area (TPSA) is 88.1 Å². The molecule has 0 aliphatic rings. The second-order valence-electron chi connectivity index (χ2n) is 7.22. The van der Waals surface area contributed by atoms with Crippen molar-refractivity contribution in [2.75, 3.05) is 17.5 Å². The molecule has 0 saturated heterocycles. The zero-order chi connectivity index (χ0) is 24.6. The highest BCUT2D eigenvalue weighted by molar-refractivity contribution is 7.92. The average molecular weight is 498 g/mol. The van der Waals surface area contributed by atoms with Gasteiger partial charge in [-0.15, -0.1) is 0 Å². The van der Waals surface area contributed by atoms with Gasteiger partial charge in [-0.2, -0.15) is 5.10 Å². The molecule has 0 radical (unpaired) electrons. The summed E-state index contributed by atoms with van der Waals surface area (Å²) in [5.41, 5.74) is 4.17. The van der Waals surface area contributed by atoms with Gasteiger partial charge < -0.3 is 4.74 Å². The Kier molecular flexibility index (Phi) is 8.45. The summed E-state index contributed by atoms with van der Waals surface area (Å²) >= 11 is 6.22. The Hall–Kier alpha value is -3.62. The van der Waals surface area contributed by atoms with Crippen LogP contribution in [0.5, 0.6) is 5.75 Å². The highest BCUT2D eigenvalue weighted by Gasteiger charge is 2.27. The second kappa shape index (κ2) is 11.5. The predicted molar refractivity (Wildman–Crippen MR) is 135 cm³/mol. The van der Waals surface area contributed by atoms with E-state index in [1.165, 1.54) is 24.4 Å². The molecule has 0 aliphatic heterocycles. The summed E-state index contributed by atoms with van der Waals surface area (Å²) in [5, 5.41) is 4.33. The summed E-state index contributed by atoms with van der Waals surface area (Å²) in [6.07, 6.45) is 3.10. The Bertz CT molecular complexity index is 1280. The lowest BCUT2D eigenvalue weighted by Crippen LogP contribution is -2.39. The molecule has 0 fully saturated rings. The maximum atomic E-state index is 13.3. The summed E-state index contributed by atoms with van der Waals surface area (Å²) in [6.45, 7) is 5.32. The SMILES string of the molecule is C=CCOc1ccc(/C=N/NC(=O)CN(c2ccc(C)c(Cl)c2)S(=O)(=O)c2ccccc2)cc1. The fraction of sp³-hybridized carbons (Fsp3) is 0.120. The Morgan fingerprint density at radius 1 is 1.12 bits per heavy atom. The molecule has 7 nitrogen and oxygen atoms in total. The van der Waals surface area contributed by atoms with Gasteiger partial charge in [0.25, 0.3) is 15.9 Å². The van der Waals surface area contributed by atoms with E-state index in [2.05, 4.69) is 17.1 Å². The minimum absolute atomic E-state index is 0.0572. The molecule has 0 aromatic heterocycles. The molecule has 3 rings (SSSR count). The van der Waals surface area contributed by atoms with Crippen LogP contribution in [0.2, 0.25) is 5.02 Å². The highest BCUT2D eigenvalue weighted by Crippen LogP contribution is 2.27. The van der Waals surface area contributed by atoms with Crippen molar-refractivity contribution in [3.63, 3.8) is 0 Å². The monoisotopic (exact) mass is 497 g/mol. The van der Waals surface area contributed by atoms with E-state index in [1.54, 1.807) is 60.7 Å². The number of sulfonamides is 1. The Labute approximate surface area is 204 Å². The van der Waals surface area contributed by atoms with E-state index in [1.807, 2.05) is 6.92 Å². The number of rotatable bonds is 10. The number of hydrogen-bond donors (Lipinski definition) is 1. The first kappa shape index (κ1) is 25.0. The van der Waals surface area contributed by atoms with Crippen LogP contribution < -0.4 is 14.5 Å². The van der Waals surface area contributed by atoms with E-state index < -0.39 is 22.5 Å². The third-order valence-electron chi connectivity index (χ3n) is 4.71. The van der Waals surface area contributed by atoms with Crippen LogP contribution in [0.4, 0.5) is 5.69 Å². The number of ether oxygens (including phenoxy) is 1. The van der Waals surface area contributed by atoms with E-state index in [9.17, 15) is 13.2 Å². The van der Waals surface area contributed by atoms with Gasteiger partial charge in [-0.1, -0.05) is 48.5 Å². The highest BCUT2D eigenvalue weighted by atomic mass is 35.5. The minimum Gasteiger partial charge on any atom is -0.490 e. The Morgan fingerprint density at radius 3 is 2.47 bits per heavy atom. The van der Waals surface area contributed by atoms with Gasteiger partial charge in [0, 0.05) is 5.02 Å². The van der Waals surface area contributed by atoms with E-state index in [0.717, 1.165) is 15.4 Å². The van der Waals surface area contributed by atoms with Gasteiger partial charge >= 0.3 is 0 Å².